The monoisotopic (exact) mass is 519 g/mol. The Morgan fingerprint density at radius 1 is 0.974 bits per heavy atom. The fraction of sp³-hybridized carbons (Fsp3) is 0.214. The van der Waals surface area contributed by atoms with Crippen molar-refractivity contribution in [2.24, 2.45) is 0 Å². The van der Waals surface area contributed by atoms with Crippen LogP contribution in [0.5, 0.6) is 0 Å². The van der Waals surface area contributed by atoms with E-state index < -0.39 is 11.7 Å². The van der Waals surface area contributed by atoms with Gasteiger partial charge in [-0.05, 0) is 69.5 Å². The Bertz CT molecular complexity index is 1710. The summed E-state index contributed by atoms with van der Waals surface area (Å²) in [4.78, 5) is 38.6. The Balaban J connectivity index is 1.31. The molecule has 39 heavy (non-hydrogen) atoms. The first kappa shape index (κ1) is 25.4. The number of carbonyl (C=O) groups excluding carboxylic acids is 1. The van der Waals surface area contributed by atoms with Gasteiger partial charge in [0.05, 0.1) is 18.3 Å². The van der Waals surface area contributed by atoms with Crippen LogP contribution in [0.4, 0.5) is 10.7 Å². The Morgan fingerprint density at radius 2 is 1.77 bits per heavy atom. The van der Waals surface area contributed by atoms with Gasteiger partial charge < -0.3 is 10.1 Å². The molecule has 0 atom stereocenters. The largest absolute Gasteiger partial charge is 0.442 e. The smallest absolute Gasteiger partial charge is 0.435 e. The van der Waals surface area contributed by atoms with Crippen molar-refractivity contribution in [1.82, 2.24) is 39.7 Å². The van der Waals surface area contributed by atoms with Gasteiger partial charge in [-0.1, -0.05) is 5.92 Å². The van der Waals surface area contributed by atoms with E-state index in [0.717, 1.165) is 16.5 Å². The molecule has 0 radical (unpaired) electrons. The highest BCUT2D eigenvalue weighted by Gasteiger charge is 2.20. The minimum Gasteiger partial charge on any atom is -0.442 e. The molecule has 5 aromatic rings. The fourth-order valence-corrected chi connectivity index (χ4v) is 3.49. The van der Waals surface area contributed by atoms with Gasteiger partial charge in [0.1, 0.15) is 22.8 Å². The van der Waals surface area contributed by atoms with Crippen molar-refractivity contribution in [1.29, 1.82) is 0 Å². The van der Waals surface area contributed by atoms with Crippen LogP contribution in [0.2, 0.25) is 0 Å². The SMILES string of the molecule is Cc1cnc(CNc2nccc(-c3nccc(C#Cc4ccc5c(cnn5C(=O)OC(C)(C)C)c4)n3)n2)nc1. The standard InChI is InChI=1S/C28H25N9O2/c1-18-14-31-24(32-15-18)17-33-26-30-12-10-22(36-26)25-29-11-9-21(35-25)7-5-19-6-8-23-20(13-19)16-34-37(23)27(38)39-28(2,3)4/h6,8-16H,17H2,1-4H3,(H,30,33,36). The molecule has 0 saturated carbocycles. The van der Waals surface area contributed by atoms with Gasteiger partial charge in [-0.2, -0.15) is 9.78 Å². The summed E-state index contributed by atoms with van der Waals surface area (Å²) in [6.45, 7) is 7.75. The zero-order valence-corrected chi connectivity index (χ0v) is 21.9. The third-order valence-electron chi connectivity index (χ3n) is 5.25. The summed E-state index contributed by atoms with van der Waals surface area (Å²) in [5.74, 6) is 7.65. The predicted octanol–water partition coefficient (Wildman–Crippen LogP) is 4.18. The molecule has 0 bridgehead atoms. The van der Waals surface area contributed by atoms with Gasteiger partial charge in [0, 0.05) is 35.7 Å². The minimum absolute atomic E-state index is 0.386. The lowest BCUT2D eigenvalue weighted by Crippen LogP contribution is -2.27. The van der Waals surface area contributed by atoms with Crippen molar-refractivity contribution in [3.05, 3.63) is 84.0 Å². The predicted molar refractivity (Wildman–Crippen MR) is 144 cm³/mol. The van der Waals surface area contributed by atoms with E-state index in [9.17, 15) is 4.79 Å². The van der Waals surface area contributed by atoms with E-state index >= 15 is 0 Å². The summed E-state index contributed by atoms with van der Waals surface area (Å²) in [5, 5.41) is 8.06. The third-order valence-corrected chi connectivity index (χ3v) is 5.25. The Kier molecular flexibility index (Phi) is 6.93. The van der Waals surface area contributed by atoms with Crippen molar-refractivity contribution in [2.75, 3.05) is 5.32 Å². The van der Waals surface area contributed by atoms with E-state index in [1.165, 1.54) is 4.68 Å². The number of nitrogens with one attached hydrogen (secondary N) is 1. The van der Waals surface area contributed by atoms with Gasteiger partial charge in [-0.25, -0.2) is 34.7 Å². The number of fused-ring (bicyclic) bond motifs is 1. The van der Waals surface area contributed by atoms with Crippen LogP contribution in [0.25, 0.3) is 22.4 Å². The number of hydrogen-bond donors (Lipinski definition) is 1. The van der Waals surface area contributed by atoms with Gasteiger partial charge in [0.15, 0.2) is 5.82 Å². The van der Waals surface area contributed by atoms with Crippen LogP contribution in [0, 0.1) is 18.8 Å². The molecule has 1 N–H and O–H groups in total. The molecular formula is C28H25N9O2. The number of aromatic nitrogens is 8. The molecule has 0 saturated heterocycles. The average molecular weight is 520 g/mol. The first-order valence-electron chi connectivity index (χ1n) is 12.1. The maximum Gasteiger partial charge on any atom is 0.435 e. The average Bonchev–Trinajstić information content (AvgIpc) is 3.35. The van der Waals surface area contributed by atoms with Gasteiger partial charge in [0.25, 0.3) is 0 Å². The van der Waals surface area contributed by atoms with Crippen molar-refractivity contribution in [2.45, 2.75) is 39.8 Å². The number of carbonyl (C=O) groups is 1. The van der Waals surface area contributed by atoms with Crippen molar-refractivity contribution in [3.8, 4) is 23.4 Å². The normalized spacial score (nSPS) is 11.1. The van der Waals surface area contributed by atoms with Crippen LogP contribution in [-0.2, 0) is 11.3 Å². The zero-order chi connectivity index (χ0) is 27.4. The Hall–Kier alpha value is -5.24. The van der Waals surface area contributed by atoms with Crippen molar-refractivity contribution in [3.63, 3.8) is 0 Å². The van der Waals surface area contributed by atoms with Gasteiger partial charge in [-0.15, -0.1) is 0 Å². The Labute approximate surface area is 224 Å². The zero-order valence-electron chi connectivity index (χ0n) is 21.9. The lowest BCUT2D eigenvalue weighted by Gasteiger charge is -2.19. The number of ether oxygens (including phenoxy) is 1. The van der Waals surface area contributed by atoms with Crippen LogP contribution >= 0.6 is 0 Å². The molecule has 5 rings (SSSR count). The molecule has 1 aromatic carbocycles. The summed E-state index contributed by atoms with van der Waals surface area (Å²) in [6.07, 6.45) is 7.87. The van der Waals surface area contributed by atoms with Crippen LogP contribution in [0.1, 0.15) is 43.4 Å². The number of rotatable bonds is 4. The third kappa shape index (κ3) is 6.37. The molecule has 4 heterocycles. The second-order valence-electron chi connectivity index (χ2n) is 9.62. The molecule has 0 amide bonds. The quantitative estimate of drug-likeness (QED) is 0.345. The highest BCUT2D eigenvalue weighted by atomic mass is 16.6. The topological polar surface area (TPSA) is 133 Å². The Morgan fingerprint density at radius 3 is 2.56 bits per heavy atom. The molecule has 4 aromatic heterocycles. The van der Waals surface area contributed by atoms with Gasteiger partial charge >= 0.3 is 6.09 Å². The molecule has 194 valence electrons. The molecule has 0 unspecified atom stereocenters. The van der Waals surface area contributed by atoms with E-state index in [0.29, 0.717) is 41.0 Å². The van der Waals surface area contributed by atoms with Gasteiger partial charge in [0.2, 0.25) is 5.95 Å². The maximum absolute atomic E-state index is 12.4. The summed E-state index contributed by atoms with van der Waals surface area (Å²) < 4.78 is 6.66. The number of aryl methyl sites for hydroxylation is 1. The molecule has 11 heteroatoms. The highest BCUT2D eigenvalue weighted by Crippen LogP contribution is 2.18. The van der Waals surface area contributed by atoms with E-state index in [1.54, 1.807) is 49.2 Å². The van der Waals surface area contributed by atoms with E-state index in [2.05, 4.69) is 52.2 Å². The highest BCUT2D eigenvalue weighted by molar-refractivity contribution is 5.88. The first-order chi connectivity index (χ1) is 18.7. The van der Waals surface area contributed by atoms with E-state index in [4.69, 9.17) is 4.74 Å². The van der Waals surface area contributed by atoms with Crippen LogP contribution < -0.4 is 5.32 Å². The van der Waals surface area contributed by atoms with E-state index in [1.807, 2.05) is 39.8 Å². The lowest BCUT2D eigenvalue weighted by molar-refractivity contribution is 0.0522. The lowest BCUT2D eigenvalue weighted by atomic mass is 10.1. The summed E-state index contributed by atoms with van der Waals surface area (Å²) in [6, 6.07) is 8.93. The molecule has 0 aliphatic carbocycles. The molecule has 0 fully saturated rings. The van der Waals surface area contributed by atoms with Crippen molar-refractivity contribution < 1.29 is 9.53 Å². The van der Waals surface area contributed by atoms with Crippen LogP contribution in [-0.4, -0.2) is 51.4 Å². The molecule has 0 aliphatic rings. The van der Waals surface area contributed by atoms with E-state index in [-0.39, 0.29) is 0 Å². The number of anilines is 1. The molecular weight excluding hydrogens is 494 g/mol. The molecule has 0 aliphatic heterocycles. The summed E-state index contributed by atoms with van der Waals surface area (Å²) in [7, 11) is 0. The van der Waals surface area contributed by atoms with Crippen molar-refractivity contribution >= 4 is 22.9 Å². The second-order valence-corrected chi connectivity index (χ2v) is 9.62. The molecule has 11 nitrogen and oxygen atoms in total. The van der Waals surface area contributed by atoms with Gasteiger partial charge in [-0.3, -0.25) is 0 Å². The number of hydrogen-bond acceptors (Lipinski definition) is 10. The minimum atomic E-state index is -0.614. The first-order valence-corrected chi connectivity index (χ1v) is 12.1. The van der Waals surface area contributed by atoms with Crippen LogP contribution in [0.15, 0.2) is 61.3 Å². The second kappa shape index (κ2) is 10.6. The summed E-state index contributed by atoms with van der Waals surface area (Å²) >= 11 is 0. The summed E-state index contributed by atoms with van der Waals surface area (Å²) in [5.41, 5.74) is 2.85. The van der Waals surface area contributed by atoms with Crippen LogP contribution in [0.3, 0.4) is 0 Å². The maximum atomic E-state index is 12.4. The molecule has 0 spiro atoms. The number of benzene rings is 1. The number of nitrogens with zero attached hydrogens (tertiary/aromatic N) is 8. The fourth-order valence-electron chi connectivity index (χ4n) is 3.49.